The number of halogens is 1. The molecule has 2 rings (SSSR count). The van der Waals surface area contributed by atoms with E-state index in [1.54, 1.807) is 36.4 Å². The molecular formula is C15H18FNO2S. The van der Waals surface area contributed by atoms with E-state index < -0.39 is 16.8 Å². The van der Waals surface area contributed by atoms with Crippen molar-refractivity contribution in [3.05, 3.63) is 48.3 Å². The highest BCUT2D eigenvalue weighted by Crippen LogP contribution is 2.25. The van der Waals surface area contributed by atoms with Crippen molar-refractivity contribution in [3.63, 3.8) is 0 Å². The first kappa shape index (κ1) is 16.3. The van der Waals surface area contributed by atoms with Crippen LogP contribution in [0.5, 0.6) is 5.75 Å². The van der Waals surface area contributed by atoms with Crippen LogP contribution in [0.4, 0.5) is 4.39 Å². The first-order chi connectivity index (χ1) is 9.61. The monoisotopic (exact) mass is 295 g/mol. The lowest BCUT2D eigenvalue weighted by Crippen LogP contribution is -2.01. The molecule has 5 heteroatoms. The molecule has 20 heavy (non-hydrogen) atoms. The van der Waals surface area contributed by atoms with Gasteiger partial charge in [0.2, 0.25) is 0 Å². The summed E-state index contributed by atoms with van der Waals surface area (Å²) in [6.07, 6.45) is 0. The summed E-state index contributed by atoms with van der Waals surface area (Å²) in [7, 11) is -0.0771. The standard InChI is InChI=1S/C13H12FNO2S.C2H6/c1-17-13-7-4-10(8-12(13)14)9-2-5-11(6-3-9)18(15)16;1-2/h2-8H,15H2,1H3;1-2H3. The summed E-state index contributed by atoms with van der Waals surface area (Å²) in [5, 5.41) is 5.26. The highest BCUT2D eigenvalue weighted by Gasteiger charge is 2.05. The van der Waals surface area contributed by atoms with Crippen molar-refractivity contribution < 1.29 is 13.3 Å². The summed E-state index contributed by atoms with van der Waals surface area (Å²) in [5.41, 5.74) is 1.55. The van der Waals surface area contributed by atoms with E-state index in [2.05, 4.69) is 0 Å². The number of rotatable bonds is 3. The van der Waals surface area contributed by atoms with Gasteiger partial charge in [0, 0.05) is 0 Å². The van der Waals surface area contributed by atoms with Gasteiger partial charge < -0.3 is 4.74 Å². The van der Waals surface area contributed by atoms with E-state index in [0.29, 0.717) is 4.90 Å². The molecule has 0 aliphatic heterocycles. The Kier molecular flexibility index (Phi) is 6.35. The average Bonchev–Trinajstić information content (AvgIpc) is 2.49. The first-order valence-electron chi connectivity index (χ1n) is 6.22. The van der Waals surface area contributed by atoms with Crippen LogP contribution >= 0.6 is 0 Å². The number of hydrogen-bond donors (Lipinski definition) is 1. The van der Waals surface area contributed by atoms with Crippen molar-refractivity contribution in [1.29, 1.82) is 0 Å². The normalized spacial score (nSPS) is 11.2. The predicted octanol–water partition coefficient (Wildman–Crippen LogP) is 3.51. The summed E-state index contributed by atoms with van der Waals surface area (Å²) in [6, 6.07) is 11.5. The minimum Gasteiger partial charge on any atom is -0.494 e. The molecule has 0 radical (unpaired) electrons. The van der Waals surface area contributed by atoms with E-state index in [1.807, 2.05) is 13.8 Å². The molecule has 0 fully saturated rings. The second kappa shape index (κ2) is 7.77. The molecule has 0 heterocycles. The van der Waals surface area contributed by atoms with Gasteiger partial charge in [-0.1, -0.05) is 32.0 Å². The Bertz CT molecular complexity index is 585. The minimum absolute atomic E-state index is 0.207. The molecule has 2 aromatic rings. The molecule has 108 valence electrons. The Balaban J connectivity index is 0.000000956. The van der Waals surface area contributed by atoms with Gasteiger partial charge in [-0.15, -0.1) is 0 Å². The fourth-order valence-electron chi connectivity index (χ4n) is 1.63. The van der Waals surface area contributed by atoms with Gasteiger partial charge in [0.1, 0.15) is 11.0 Å². The van der Waals surface area contributed by atoms with Gasteiger partial charge in [0.25, 0.3) is 0 Å². The van der Waals surface area contributed by atoms with Crippen LogP contribution in [0.15, 0.2) is 47.4 Å². The molecule has 0 bridgehead atoms. The van der Waals surface area contributed by atoms with E-state index in [-0.39, 0.29) is 5.75 Å². The van der Waals surface area contributed by atoms with Gasteiger partial charge in [0.15, 0.2) is 11.6 Å². The predicted molar refractivity (Wildman–Crippen MR) is 80.3 cm³/mol. The van der Waals surface area contributed by atoms with Crippen LogP contribution in [0.2, 0.25) is 0 Å². The van der Waals surface area contributed by atoms with Crippen molar-refractivity contribution >= 4 is 11.0 Å². The van der Waals surface area contributed by atoms with Gasteiger partial charge in [-0.25, -0.2) is 13.7 Å². The molecule has 0 saturated heterocycles. The van der Waals surface area contributed by atoms with Gasteiger partial charge in [-0.2, -0.15) is 0 Å². The van der Waals surface area contributed by atoms with Crippen molar-refractivity contribution in [2.75, 3.05) is 7.11 Å². The lowest BCUT2D eigenvalue weighted by molar-refractivity contribution is 0.386. The fourth-order valence-corrected chi connectivity index (χ4v) is 2.03. The Hall–Kier alpha value is -1.72. The maximum Gasteiger partial charge on any atom is 0.165 e. The number of benzene rings is 2. The zero-order valence-electron chi connectivity index (χ0n) is 11.7. The molecule has 1 atom stereocenters. The van der Waals surface area contributed by atoms with Crippen LogP contribution in [0, 0.1) is 5.82 Å². The van der Waals surface area contributed by atoms with Crippen LogP contribution in [-0.2, 0) is 11.0 Å². The molecular weight excluding hydrogens is 277 g/mol. The minimum atomic E-state index is -1.50. The third-order valence-corrected chi connectivity index (χ3v) is 3.31. The van der Waals surface area contributed by atoms with Crippen LogP contribution in [0.25, 0.3) is 11.1 Å². The van der Waals surface area contributed by atoms with E-state index in [0.717, 1.165) is 11.1 Å². The quantitative estimate of drug-likeness (QED) is 0.942. The molecule has 0 aliphatic carbocycles. The van der Waals surface area contributed by atoms with Crippen molar-refractivity contribution in [1.82, 2.24) is 0 Å². The zero-order valence-corrected chi connectivity index (χ0v) is 12.5. The molecule has 3 nitrogen and oxygen atoms in total. The van der Waals surface area contributed by atoms with Crippen molar-refractivity contribution in [3.8, 4) is 16.9 Å². The highest BCUT2D eigenvalue weighted by molar-refractivity contribution is 7.82. The summed E-state index contributed by atoms with van der Waals surface area (Å²) >= 11 is 0. The fraction of sp³-hybridized carbons (Fsp3) is 0.200. The molecule has 2 N–H and O–H groups in total. The SMILES string of the molecule is CC.COc1ccc(-c2ccc(S(N)=O)cc2)cc1F. The lowest BCUT2D eigenvalue weighted by Gasteiger charge is -2.06. The number of ether oxygens (including phenoxy) is 1. The number of nitrogens with two attached hydrogens (primary N) is 1. The average molecular weight is 295 g/mol. The van der Waals surface area contributed by atoms with Gasteiger partial charge in [-0.05, 0) is 35.4 Å². The van der Waals surface area contributed by atoms with E-state index in [4.69, 9.17) is 9.88 Å². The third kappa shape index (κ3) is 3.88. The van der Waals surface area contributed by atoms with Crippen molar-refractivity contribution in [2.24, 2.45) is 5.14 Å². The summed E-state index contributed by atoms with van der Waals surface area (Å²) in [6.45, 7) is 4.00. The van der Waals surface area contributed by atoms with E-state index in [9.17, 15) is 8.60 Å². The molecule has 0 aliphatic rings. The summed E-state index contributed by atoms with van der Waals surface area (Å²) < 4.78 is 29.4. The third-order valence-electron chi connectivity index (χ3n) is 2.57. The van der Waals surface area contributed by atoms with E-state index in [1.165, 1.54) is 13.2 Å². The van der Waals surface area contributed by atoms with Crippen LogP contribution in [-0.4, -0.2) is 11.3 Å². The van der Waals surface area contributed by atoms with Gasteiger partial charge >= 0.3 is 0 Å². The maximum absolute atomic E-state index is 13.5. The zero-order chi connectivity index (χ0) is 15.1. The maximum atomic E-state index is 13.5. The Morgan fingerprint density at radius 2 is 1.60 bits per heavy atom. The molecule has 2 aromatic carbocycles. The van der Waals surface area contributed by atoms with Gasteiger partial charge in [-0.3, -0.25) is 0 Å². The molecule has 0 amide bonds. The summed E-state index contributed by atoms with van der Waals surface area (Å²) in [4.78, 5) is 0.535. The van der Waals surface area contributed by atoms with Gasteiger partial charge in [0.05, 0.1) is 12.0 Å². The highest BCUT2D eigenvalue weighted by atomic mass is 32.2. The van der Waals surface area contributed by atoms with Crippen LogP contribution in [0.3, 0.4) is 0 Å². The molecule has 0 spiro atoms. The molecule has 0 saturated carbocycles. The molecule has 1 unspecified atom stereocenters. The Labute approximate surface area is 121 Å². The lowest BCUT2D eigenvalue weighted by atomic mass is 10.1. The second-order valence-electron chi connectivity index (χ2n) is 3.67. The number of methoxy groups -OCH3 is 1. The summed E-state index contributed by atoms with van der Waals surface area (Å²) in [5.74, 6) is -0.208. The largest absolute Gasteiger partial charge is 0.494 e. The van der Waals surface area contributed by atoms with Crippen molar-refractivity contribution in [2.45, 2.75) is 18.7 Å². The van der Waals surface area contributed by atoms with E-state index >= 15 is 0 Å². The van der Waals surface area contributed by atoms with Crippen LogP contribution in [0.1, 0.15) is 13.8 Å². The Morgan fingerprint density at radius 1 is 1.05 bits per heavy atom. The second-order valence-corrected chi connectivity index (χ2v) is 4.74. The number of hydrogen-bond acceptors (Lipinski definition) is 2. The Morgan fingerprint density at radius 3 is 2.05 bits per heavy atom. The topological polar surface area (TPSA) is 52.3 Å². The molecule has 0 aromatic heterocycles. The van der Waals surface area contributed by atoms with Crippen LogP contribution < -0.4 is 9.88 Å². The first-order valence-corrected chi connectivity index (χ1v) is 7.43. The smallest absolute Gasteiger partial charge is 0.165 e.